The zero-order valence-electron chi connectivity index (χ0n) is 12.8. The number of nitrogens with zero attached hydrogens (tertiary/aromatic N) is 1. The van der Waals surface area contributed by atoms with E-state index in [1.807, 2.05) is 0 Å². The van der Waals surface area contributed by atoms with Gasteiger partial charge < -0.3 is 15.2 Å². The van der Waals surface area contributed by atoms with Crippen LogP contribution >= 0.6 is 0 Å². The standard InChI is InChI=1S/C16H30N2O2/c1-2-15-11-18(8-9-20-15)14-4-3-7-16(10-14,12-19)17-13-5-6-13/h13-15,17,19H,2-12H2,1H3. The van der Waals surface area contributed by atoms with Crippen molar-refractivity contribution < 1.29 is 9.84 Å². The molecular weight excluding hydrogens is 252 g/mol. The molecule has 1 heterocycles. The summed E-state index contributed by atoms with van der Waals surface area (Å²) < 4.78 is 5.79. The minimum absolute atomic E-state index is 0.00982. The van der Waals surface area contributed by atoms with Crippen molar-refractivity contribution in [2.24, 2.45) is 0 Å². The third kappa shape index (κ3) is 3.35. The Morgan fingerprint density at radius 3 is 2.90 bits per heavy atom. The molecule has 4 heteroatoms. The fourth-order valence-electron chi connectivity index (χ4n) is 3.94. The molecule has 3 unspecified atom stereocenters. The Morgan fingerprint density at radius 1 is 1.35 bits per heavy atom. The van der Waals surface area contributed by atoms with Crippen molar-refractivity contribution in [3.05, 3.63) is 0 Å². The number of hydrogen-bond acceptors (Lipinski definition) is 4. The second kappa shape index (κ2) is 6.30. The highest BCUT2D eigenvalue weighted by atomic mass is 16.5. The van der Waals surface area contributed by atoms with E-state index in [0.29, 0.717) is 24.8 Å². The fraction of sp³-hybridized carbons (Fsp3) is 1.00. The maximum absolute atomic E-state index is 9.93. The first-order valence-corrected chi connectivity index (χ1v) is 8.49. The van der Waals surface area contributed by atoms with Gasteiger partial charge in [0.05, 0.1) is 19.3 Å². The highest BCUT2D eigenvalue weighted by Gasteiger charge is 2.41. The van der Waals surface area contributed by atoms with E-state index in [9.17, 15) is 5.11 Å². The summed E-state index contributed by atoms with van der Waals surface area (Å²) in [6, 6.07) is 1.30. The smallest absolute Gasteiger partial charge is 0.0700 e. The van der Waals surface area contributed by atoms with Crippen LogP contribution in [0.2, 0.25) is 0 Å². The zero-order valence-corrected chi connectivity index (χ0v) is 12.8. The van der Waals surface area contributed by atoms with Crippen molar-refractivity contribution in [3.8, 4) is 0 Å². The second-order valence-corrected chi connectivity index (χ2v) is 7.00. The molecule has 3 rings (SSSR count). The van der Waals surface area contributed by atoms with E-state index >= 15 is 0 Å². The van der Waals surface area contributed by atoms with Crippen molar-refractivity contribution in [1.82, 2.24) is 10.2 Å². The molecule has 20 heavy (non-hydrogen) atoms. The molecule has 0 aromatic carbocycles. The molecular formula is C16H30N2O2. The normalized spacial score (nSPS) is 39.9. The lowest BCUT2D eigenvalue weighted by molar-refractivity contribution is -0.0581. The largest absolute Gasteiger partial charge is 0.394 e. The molecule has 2 aliphatic carbocycles. The van der Waals surface area contributed by atoms with Crippen LogP contribution in [-0.4, -0.2) is 60.0 Å². The molecule has 1 saturated heterocycles. The number of nitrogens with one attached hydrogen (secondary N) is 1. The summed E-state index contributed by atoms with van der Waals surface area (Å²) in [7, 11) is 0. The van der Waals surface area contributed by atoms with Crippen molar-refractivity contribution in [1.29, 1.82) is 0 Å². The molecule has 2 N–H and O–H groups in total. The monoisotopic (exact) mass is 282 g/mol. The van der Waals surface area contributed by atoms with Gasteiger partial charge in [0.25, 0.3) is 0 Å². The maximum Gasteiger partial charge on any atom is 0.0700 e. The number of rotatable bonds is 5. The van der Waals surface area contributed by atoms with Crippen LogP contribution in [0.5, 0.6) is 0 Å². The van der Waals surface area contributed by atoms with E-state index in [1.165, 1.54) is 25.7 Å². The van der Waals surface area contributed by atoms with Gasteiger partial charge in [-0.05, 0) is 44.9 Å². The first-order valence-electron chi connectivity index (χ1n) is 8.49. The van der Waals surface area contributed by atoms with Crippen LogP contribution < -0.4 is 5.32 Å². The highest BCUT2D eigenvalue weighted by molar-refractivity contribution is 5.01. The molecule has 0 bridgehead atoms. The number of morpholine rings is 1. The molecule has 1 aliphatic heterocycles. The van der Waals surface area contributed by atoms with Gasteiger partial charge >= 0.3 is 0 Å². The molecule has 0 amide bonds. The first kappa shape index (κ1) is 14.8. The predicted octanol–water partition coefficient (Wildman–Crippen LogP) is 1.52. The van der Waals surface area contributed by atoms with Gasteiger partial charge in [-0.3, -0.25) is 4.90 Å². The lowest BCUT2D eigenvalue weighted by Gasteiger charge is -2.46. The van der Waals surface area contributed by atoms with Gasteiger partial charge in [0.2, 0.25) is 0 Å². The summed E-state index contributed by atoms with van der Waals surface area (Å²) in [6.45, 7) is 5.51. The highest BCUT2D eigenvalue weighted by Crippen LogP contribution is 2.35. The molecule has 0 spiro atoms. The van der Waals surface area contributed by atoms with E-state index in [1.54, 1.807) is 0 Å². The first-order chi connectivity index (χ1) is 9.74. The molecule has 2 saturated carbocycles. The molecule has 3 aliphatic rings. The lowest BCUT2D eigenvalue weighted by Crippen LogP contribution is -2.58. The molecule has 3 fully saturated rings. The SMILES string of the molecule is CCC1CN(C2CCCC(CO)(NC3CC3)C2)CCO1. The number of ether oxygens (including phenoxy) is 1. The van der Waals surface area contributed by atoms with Gasteiger partial charge in [0.1, 0.15) is 0 Å². The van der Waals surface area contributed by atoms with Crippen molar-refractivity contribution in [3.63, 3.8) is 0 Å². The van der Waals surface area contributed by atoms with Crippen molar-refractivity contribution in [2.75, 3.05) is 26.3 Å². The van der Waals surface area contributed by atoms with E-state index in [4.69, 9.17) is 4.74 Å². The average Bonchev–Trinajstić information content (AvgIpc) is 3.31. The number of hydrogen-bond donors (Lipinski definition) is 2. The van der Waals surface area contributed by atoms with E-state index in [0.717, 1.165) is 39.0 Å². The van der Waals surface area contributed by atoms with E-state index in [2.05, 4.69) is 17.1 Å². The molecule has 4 nitrogen and oxygen atoms in total. The van der Waals surface area contributed by atoms with Crippen LogP contribution in [0, 0.1) is 0 Å². The van der Waals surface area contributed by atoms with Gasteiger partial charge in [-0.25, -0.2) is 0 Å². The minimum atomic E-state index is -0.00982. The Bertz CT molecular complexity index is 322. The van der Waals surface area contributed by atoms with E-state index in [-0.39, 0.29) is 5.54 Å². The summed E-state index contributed by atoms with van der Waals surface area (Å²) in [6.07, 6.45) is 8.86. The van der Waals surface area contributed by atoms with Gasteiger partial charge in [-0.2, -0.15) is 0 Å². The van der Waals surface area contributed by atoms with Gasteiger partial charge in [-0.1, -0.05) is 6.92 Å². The summed E-state index contributed by atoms with van der Waals surface area (Å²) >= 11 is 0. The van der Waals surface area contributed by atoms with Gasteiger partial charge in [0.15, 0.2) is 0 Å². The Kier molecular flexibility index (Phi) is 4.65. The molecule has 0 aromatic heterocycles. The van der Waals surface area contributed by atoms with Crippen LogP contribution in [0.1, 0.15) is 51.9 Å². The molecule has 3 atom stereocenters. The van der Waals surface area contributed by atoms with Crippen LogP contribution in [0.3, 0.4) is 0 Å². The predicted molar refractivity (Wildman–Crippen MR) is 79.8 cm³/mol. The number of aliphatic hydroxyl groups excluding tert-OH is 1. The van der Waals surface area contributed by atoms with Crippen LogP contribution in [0.15, 0.2) is 0 Å². The van der Waals surface area contributed by atoms with Gasteiger partial charge in [-0.15, -0.1) is 0 Å². The average molecular weight is 282 g/mol. The fourth-order valence-corrected chi connectivity index (χ4v) is 3.94. The van der Waals surface area contributed by atoms with Crippen molar-refractivity contribution in [2.45, 2.75) is 75.6 Å². The third-order valence-electron chi connectivity index (χ3n) is 5.35. The minimum Gasteiger partial charge on any atom is -0.394 e. The second-order valence-electron chi connectivity index (χ2n) is 7.00. The lowest BCUT2D eigenvalue weighted by atomic mass is 9.78. The Hall–Kier alpha value is -0.160. The topological polar surface area (TPSA) is 44.7 Å². The van der Waals surface area contributed by atoms with Crippen LogP contribution in [-0.2, 0) is 4.74 Å². The zero-order chi connectivity index (χ0) is 14.0. The summed E-state index contributed by atoms with van der Waals surface area (Å²) in [5.74, 6) is 0. The summed E-state index contributed by atoms with van der Waals surface area (Å²) in [5.41, 5.74) is -0.00982. The van der Waals surface area contributed by atoms with Crippen molar-refractivity contribution >= 4 is 0 Å². The van der Waals surface area contributed by atoms with Crippen LogP contribution in [0.4, 0.5) is 0 Å². The molecule has 0 aromatic rings. The Balaban J connectivity index is 1.61. The quantitative estimate of drug-likeness (QED) is 0.802. The third-order valence-corrected chi connectivity index (χ3v) is 5.35. The molecule has 0 radical (unpaired) electrons. The van der Waals surface area contributed by atoms with Crippen LogP contribution in [0.25, 0.3) is 0 Å². The Morgan fingerprint density at radius 2 is 2.20 bits per heavy atom. The maximum atomic E-state index is 9.93. The summed E-state index contributed by atoms with van der Waals surface area (Å²) in [4.78, 5) is 2.62. The van der Waals surface area contributed by atoms with E-state index < -0.39 is 0 Å². The van der Waals surface area contributed by atoms with Gasteiger partial charge in [0, 0.05) is 30.7 Å². The summed E-state index contributed by atoms with van der Waals surface area (Å²) in [5, 5.41) is 13.7. The Labute approximate surface area is 122 Å². The molecule has 116 valence electrons. The number of aliphatic hydroxyl groups is 1.